The fourth-order valence-corrected chi connectivity index (χ4v) is 1.89. The van der Waals surface area contributed by atoms with Gasteiger partial charge in [-0.1, -0.05) is 13.8 Å². The molecule has 2 aromatic rings. The van der Waals surface area contributed by atoms with Crippen LogP contribution >= 0.6 is 0 Å². The summed E-state index contributed by atoms with van der Waals surface area (Å²) in [6.45, 7) is 4.14. The van der Waals surface area contributed by atoms with Gasteiger partial charge in [-0.05, 0) is 18.9 Å². The summed E-state index contributed by atoms with van der Waals surface area (Å²) >= 11 is 0. The maximum Gasteiger partial charge on any atom is 0.207 e. The number of ether oxygens (including phenoxy) is 1. The van der Waals surface area contributed by atoms with Crippen molar-refractivity contribution in [3.8, 4) is 11.6 Å². The first-order valence-electron chi connectivity index (χ1n) is 6.18. The number of anilines is 1. The van der Waals surface area contributed by atoms with Crippen LogP contribution in [0.5, 0.6) is 5.75 Å². The number of rotatable bonds is 5. The van der Waals surface area contributed by atoms with Crippen LogP contribution in [-0.2, 0) is 12.8 Å². The summed E-state index contributed by atoms with van der Waals surface area (Å²) in [4.78, 5) is 8.28. The summed E-state index contributed by atoms with van der Waals surface area (Å²) in [5.74, 6) is 6.92. The molecule has 3 N–H and O–H groups in total. The second-order valence-electron chi connectivity index (χ2n) is 3.97. The van der Waals surface area contributed by atoms with Crippen LogP contribution in [0.1, 0.15) is 25.2 Å². The van der Waals surface area contributed by atoms with E-state index in [9.17, 15) is 0 Å². The highest BCUT2D eigenvalue weighted by atomic mass is 16.5. The van der Waals surface area contributed by atoms with Crippen LogP contribution in [0.3, 0.4) is 0 Å². The fraction of sp³-hybridized carbons (Fsp3) is 0.417. The number of hydrogen-bond acceptors (Lipinski definition) is 6. The highest BCUT2D eigenvalue weighted by Gasteiger charge is 2.17. The third-order valence-electron chi connectivity index (χ3n) is 2.88. The Labute approximate surface area is 111 Å². The SMILES string of the molecule is CCc1cc(CC)n(-c2ncnc(NN)c2OC)n1. The number of nitrogens with one attached hydrogen (secondary N) is 1. The number of methoxy groups -OCH3 is 1. The Morgan fingerprint density at radius 1 is 1.32 bits per heavy atom. The molecule has 0 saturated carbocycles. The number of hydrogen-bond donors (Lipinski definition) is 2. The van der Waals surface area contributed by atoms with Gasteiger partial charge < -0.3 is 10.2 Å². The molecule has 0 saturated heterocycles. The molecule has 2 heterocycles. The van der Waals surface area contributed by atoms with Gasteiger partial charge in [-0.2, -0.15) is 5.10 Å². The molecule has 2 rings (SSSR count). The number of nitrogens with two attached hydrogens (primary N) is 1. The van der Waals surface area contributed by atoms with Crippen molar-refractivity contribution in [2.75, 3.05) is 12.5 Å². The van der Waals surface area contributed by atoms with Crippen molar-refractivity contribution in [3.63, 3.8) is 0 Å². The Hall–Kier alpha value is -2.15. The van der Waals surface area contributed by atoms with E-state index in [1.807, 2.05) is 0 Å². The topological polar surface area (TPSA) is 90.9 Å². The number of nitrogens with zero attached hydrogens (tertiary/aromatic N) is 4. The predicted octanol–water partition coefficient (Wildman–Crippen LogP) is 1.08. The van der Waals surface area contributed by atoms with Gasteiger partial charge in [-0.25, -0.2) is 20.5 Å². The molecule has 102 valence electrons. The van der Waals surface area contributed by atoms with E-state index in [0.717, 1.165) is 24.2 Å². The molecule has 0 atom stereocenters. The lowest BCUT2D eigenvalue weighted by atomic mass is 10.2. The fourth-order valence-electron chi connectivity index (χ4n) is 1.89. The number of aromatic nitrogens is 4. The molecule has 19 heavy (non-hydrogen) atoms. The van der Waals surface area contributed by atoms with Crippen LogP contribution in [-0.4, -0.2) is 26.9 Å². The molecule has 7 nitrogen and oxygen atoms in total. The van der Waals surface area contributed by atoms with Gasteiger partial charge in [-0.3, -0.25) is 0 Å². The molecule has 0 aliphatic rings. The van der Waals surface area contributed by atoms with Crippen molar-refractivity contribution < 1.29 is 4.74 Å². The van der Waals surface area contributed by atoms with Crippen LogP contribution in [0.4, 0.5) is 5.82 Å². The minimum Gasteiger partial charge on any atom is -0.490 e. The highest BCUT2D eigenvalue weighted by molar-refractivity contribution is 5.57. The maximum atomic E-state index is 5.43. The smallest absolute Gasteiger partial charge is 0.207 e. The number of hydrazine groups is 1. The Balaban J connectivity index is 2.60. The standard InChI is InChI=1S/C12H18N6O/c1-4-8-6-9(5-2)18(17-8)12-10(19-3)11(16-13)14-7-15-12/h6-7H,4-5,13H2,1-3H3,(H,14,15,16). The van der Waals surface area contributed by atoms with E-state index in [1.165, 1.54) is 6.33 Å². The van der Waals surface area contributed by atoms with E-state index in [1.54, 1.807) is 11.8 Å². The average Bonchev–Trinajstić information content (AvgIpc) is 2.89. The van der Waals surface area contributed by atoms with Gasteiger partial charge in [0.05, 0.1) is 12.8 Å². The lowest BCUT2D eigenvalue weighted by Gasteiger charge is -2.12. The molecular formula is C12H18N6O. The molecule has 0 unspecified atom stereocenters. The molecule has 0 aliphatic heterocycles. The molecule has 0 radical (unpaired) electrons. The van der Waals surface area contributed by atoms with Crippen LogP contribution in [0.2, 0.25) is 0 Å². The Kier molecular flexibility index (Phi) is 3.96. The van der Waals surface area contributed by atoms with E-state index >= 15 is 0 Å². The van der Waals surface area contributed by atoms with Crippen molar-refractivity contribution in [2.24, 2.45) is 5.84 Å². The average molecular weight is 262 g/mol. The minimum atomic E-state index is 0.433. The van der Waals surface area contributed by atoms with Crippen molar-refractivity contribution in [1.82, 2.24) is 19.7 Å². The normalized spacial score (nSPS) is 10.5. The van der Waals surface area contributed by atoms with Gasteiger partial charge in [0.1, 0.15) is 6.33 Å². The summed E-state index contributed by atoms with van der Waals surface area (Å²) < 4.78 is 7.11. The lowest BCUT2D eigenvalue weighted by Crippen LogP contribution is -2.14. The largest absolute Gasteiger partial charge is 0.490 e. The Morgan fingerprint density at radius 3 is 2.68 bits per heavy atom. The number of aryl methyl sites for hydroxylation is 2. The van der Waals surface area contributed by atoms with Crippen LogP contribution in [0, 0.1) is 0 Å². The first-order valence-corrected chi connectivity index (χ1v) is 6.18. The van der Waals surface area contributed by atoms with Gasteiger partial charge in [0, 0.05) is 5.69 Å². The van der Waals surface area contributed by atoms with Gasteiger partial charge >= 0.3 is 0 Å². The Morgan fingerprint density at radius 2 is 2.11 bits per heavy atom. The first kappa shape index (κ1) is 13.3. The van der Waals surface area contributed by atoms with Gasteiger partial charge in [0.2, 0.25) is 11.6 Å². The maximum absolute atomic E-state index is 5.43. The zero-order chi connectivity index (χ0) is 13.8. The van der Waals surface area contributed by atoms with Gasteiger partial charge in [0.25, 0.3) is 0 Å². The summed E-state index contributed by atoms with van der Waals surface area (Å²) in [5.41, 5.74) is 4.58. The van der Waals surface area contributed by atoms with Crippen molar-refractivity contribution in [3.05, 3.63) is 23.8 Å². The van der Waals surface area contributed by atoms with Gasteiger partial charge in [-0.15, -0.1) is 0 Å². The van der Waals surface area contributed by atoms with Crippen molar-refractivity contribution >= 4 is 5.82 Å². The zero-order valence-corrected chi connectivity index (χ0v) is 11.3. The van der Waals surface area contributed by atoms with Crippen molar-refractivity contribution in [1.29, 1.82) is 0 Å². The summed E-state index contributed by atoms with van der Waals surface area (Å²) in [5, 5.41) is 4.53. The summed E-state index contributed by atoms with van der Waals surface area (Å²) in [7, 11) is 1.55. The second-order valence-corrected chi connectivity index (χ2v) is 3.97. The first-order chi connectivity index (χ1) is 9.24. The summed E-state index contributed by atoms with van der Waals surface area (Å²) in [6.07, 6.45) is 3.15. The molecular weight excluding hydrogens is 244 g/mol. The molecule has 0 amide bonds. The third-order valence-corrected chi connectivity index (χ3v) is 2.88. The van der Waals surface area contributed by atoms with E-state index in [2.05, 4.69) is 40.4 Å². The second kappa shape index (κ2) is 5.66. The minimum absolute atomic E-state index is 0.433. The molecule has 0 bridgehead atoms. The highest BCUT2D eigenvalue weighted by Crippen LogP contribution is 2.27. The zero-order valence-electron chi connectivity index (χ0n) is 11.3. The van der Waals surface area contributed by atoms with Crippen molar-refractivity contribution in [2.45, 2.75) is 26.7 Å². The molecule has 0 fully saturated rings. The molecule has 0 spiro atoms. The predicted molar refractivity (Wildman–Crippen MR) is 72.3 cm³/mol. The lowest BCUT2D eigenvalue weighted by molar-refractivity contribution is 0.408. The third kappa shape index (κ3) is 2.37. The summed E-state index contributed by atoms with van der Waals surface area (Å²) in [6, 6.07) is 2.07. The monoisotopic (exact) mass is 262 g/mol. The number of nitrogen functional groups attached to an aromatic ring is 1. The van der Waals surface area contributed by atoms with Crippen LogP contribution < -0.4 is 16.0 Å². The van der Waals surface area contributed by atoms with E-state index in [0.29, 0.717) is 17.4 Å². The molecule has 0 aromatic carbocycles. The van der Waals surface area contributed by atoms with Crippen LogP contribution in [0.15, 0.2) is 12.4 Å². The molecule has 2 aromatic heterocycles. The van der Waals surface area contributed by atoms with Gasteiger partial charge in [0.15, 0.2) is 5.82 Å². The Bertz CT molecular complexity index is 565. The van der Waals surface area contributed by atoms with E-state index < -0.39 is 0 Å². The molecule has 7 heteroatoms. The van der Waals surface area contributed by atoms with E-state index in [-0.39, 0.29) is 0 Å². The van der Waals surface area contributed by atoms with Crippen LogP contribution in [0.25, 0.3) is 5.82 Å². The van der Waals surface area contributed by atoms with E-state index in [4.69, 9.17) is 10.6 Å². The quantitative estimate of drug-likeness (QED) is 0.619. The molecule has 0 aliphatic carbocycles.